The summed E-state index contributed by atoms with van der Waals surface area (Å²) < 4.78 is 6.72. The molecule has 6 nitrogen and oxygen atoms in total. The van der Waals surface area contributed by atoms with E-state index >= 15 is 0 Å². The number of nitrogens with zero attached hydrogens (tertiary/aromatic N) is 2. The summed E-state index contributed by atoms with van der Waals surface area (Å²) in [6.07, 6.45) is 1.32. The van der Waals surface area contributed by atoms with Gasteiger partial charge in [-0.15, -0.1) is 0 Å². The molecular weight excluding hydrogens is 350 g/mol. The molecule has 1 aromatic heterocycles. The Labute approximate surface area is 155 Å². The van der Waals surface area contributed by atoms with Crippen molar-refractivity contribution in [3.63, 3.8) is 0 Å². The van der Waals surface area contributed by atoms with Gasteiger partial charge in [-0.2, -0.15) is 0 Å². The summed E-state index contributed by atoms with van der Waals surface area (Å²) in [5.74, 6) is 0.201. The van der Waals surface area contributed by atoms with Crippen LogP contribution < -0.4 is 10.3 Å². The van der Waals surface area contributed by atoms with Gasteiger partial charge in [-0.3, -0.25) is 19.3 Å². The third-order valence-corrected chi connectivity index (χ3v) is 4.08. The Kier molecular flexibility index (Phi) is 4.99. The van der Waals surface area contributed by atoms with Gasteiger partial charge in [0.15, 0.2) is 4.77 Å². The highest BCUT2D eigenvalue weighted by molar-refractivity contribution is 7.71. The van der Waals surface area contributed by atoms with Crippen molar-refractivity contribution >= 4 is 24.1 Å². The lowest BCUT2D eigenvalue weighted by molar-refractivity contribution is 0.402. The van der Waals surface area contributed by atoms with Crippen molar-refractivity contribution in [3.8, 4) is 17.3 Å². The highest BCUT2D eigenvalue weighted by Crippen LogP contribution is 2.27. The van der Waals surface area contributed by atoms with Gasteiger partial charge < -0.3 is 9.84 Å². The standard InChI is InChI=1S/C19H17N3O3S/c1-12-6-5-7-13(10-12)20-11-14-17(23)21-19(26)22(18(14)24)15-8-3-4-9-16(15)25-2/h3-11,24H,1-2H3,(H,21,23,26). The topological polar surface area (TPSA) is 79.6 Å². The van der Waals surface area contributed by atoms with E-state index < -0.39 is 5.56 Å². The molecule has 0 spiro atoms. The molecule has 7 heteroatoms. The Balaban J connectivity index is 2.16. The minimum atomic E-state index is -0.518. The molecule has 0 aliphatic carbocycles. The Morgan fingerprint density at radius 1 is 1.23 bits per heavy atom. The number of methoxy groups -OCH3 is 1. The van der Waals surface area contributed by atoms with E-state index in [1.165, 1.54) is 17.9 Å². The van der Waals surface area contributed by atoms with Crippen molar-refractivity contribution in [1.29, 1.82) is 0 Å². The average molecular weight is 367 g/mol. The SMILES string of the molecule is COc1ccccc1-n1c(O)c(C=Nc2cccc(C)c2)c(=O)[nH]c1=S. The number of para-hydroxylation sites is 2. The molecule has 0 saturated carbocycles. The Morgan fingerprint density at radius 2 is 2.00 bits per heavy atom. The van der Waals surface area contributed by atoms with E-state index in [2.05, 4.69) is 9.98 Å². The van der Waals surface area contributed by atoms with Crippen LogP contribution in [0, 0.1) is 11.7 Å². The number of benzene rings is 2. The van der Waals surface area contributed by atoms with Gasteiger partial charge in [-0.1, -0.05) is 24.3 Å². The number of hydrogen-bond acceptors (Lipinski definition) is 5. The van der Waals surface area contributed by atoms with Crippen molar-refractivity contribution in [2.24, 2.45) is 4.99 Å². The van der Waals surface area contributed by atoms with E-state index in [0.717, 1.165) is 5.56 Å². The second-order valence-electron chi connectivity index (χ2n) is 5.60. The number of ether oxygens (including phenoxy) is 1. The summed E-state index contributed by atoms with van der Waals surface area (Å²) in [7, 11) is 1.52. The molecule has 0 aliphatic heterocycles. The smallest absolute Gasteiger partial charge is 0.264 e. The van der Waals surface area contributed by atoms with Crippen LogP contribution in [0.25, 0.3) is 5.69 Å². The van der Waals surface area contributed by atoms with Crippen LogP contribution in [-0.4, -0.2) is 28.0 Å². The molecule has 2 N–H and O–H groups in total. The van der Waals surface area contributed by atoms with Crippen LogP contribution in [0.1, 0.15) is 11.1 Å². The van der Waals surface area contributed by atoms with Crippen LogP contribution in [0.2, 0.25) is 0 Å². The van der Waals surface area contributed by atoms with E-state index in [1.807, 2.05) is 31.2 Å². The summed E-state index contributed by atoms with van der Waals surface area (Å²) in [6.45, 7) is 1.95. The second-order valence-corrected chi connectivity index (χ2v) is 5.99. The maximum absolute atomic E-state index is 12.3. The largest absolute Gasteiger partial charge is 0.495 e. The van der Waals surface area contributed by atoms with Gasteiger partial charge in [-0.05, 0) is 49.0 Å². The van der Waals surface area contributed by atoms with Gasteiger partial charge in [0.05, 0.1) is 18.5 Å². The molecule has 0 bridgehead atoms. The minimum absolute atomic E-state index is 0.00557. The van der Waals surface area contributed by atoms with Crippen LogP contribution in [0.15, 0.2) is 58.3 Å². The van der Waals surface area contributed by atoms with E-state index in [1.54, 1.807) is 24.3 Å². The number of hydrogen-bond donors (Lipinski definition) is 2. The molecule has 1 heterocycles. The van der Waals surface area contributed by atoms with Crippen molar-refractivity contribution in [3.05, 3.63) is 74.8 Å². The number of aromatic nitrogens is 2. The summed E-state index contributed by atoms with van der Waals surface area (Å²) in [5.41, 5.74) is 1.72. The molecule has 0 atom stereocenters. The molecular formula is C19H17N3O3S. The van der Waals surface area contributed by atoms with Crippen molar-refractivity contribution < 1.29 is 9.84 Å². The Morgan fingerprint density at radius 3 is 2.73 bits per heavy atom. The van der Waals surface area contributed by atoms with E-state index in [0.29, 0.717) is 17.1 Å². The van der Waals surface area contributed by atoms with Gasteiger partial charge in [0.25, 0.3) is 5.56 Å². The number of aliphatic imine (C=N–C) groups is 1. The van der Waals surface area contributed by atoms with Gasteiger partial charge in [0.2, 0.25) is 5.88 Å². The number of H-pyrrole nitrogens is 1. The first-order valence-corrected chi connectivity index (χ1v) is 8.24. The second kappa shape index (κ2) is 7.37. The van der Waals surface area contributed by atoms with Gasteiger partial charge in [-0.25, -0.2) is 0 Å². The third-order valence-electron chi connectivity index (χ3n) is 3.79. The van der Waals surface area contributed by atoms with Gasteiger partial charge >= 0.3 is 0 Å². The first-order valence-electron chi connectivity index (χ1n) is 7.83. The first kappa shape index (κ1) is 17.6. The molecule has 2 aromatic carbocycles. The fourth-order valence-corrected chi connectivity index (χ4v) is 2.82. The molecule has 3 aromatic rings. The number of nitrogens with one attached hydrogen (secondary N) is 1. The summed E-state index contributed by atoms with van der Waals surface area (Å²) >= 11 is 5.22. The number of aryl methyl sites for hydroxylation is 1. The minimum Gasteiger partial charge on any atom is -0.495 e. The quantitative estimate of drug-likeness (QED) is 0.545. The van der Waals surface area contributed by atoms with Gasteiger partial charge in [0, 0.05) is 6.21 Å². The maximum Gasteiger partial charge on any atom is 0.264 e. The lowest BCUT2D eigenvalue weighted by Gasteiger charge is -2.14. The number of aromatic amines is 1. The predicted molar refractivity (Wildman–Crippen MR) is 104 cm³/mol. The lowest BCUT2D eigenvalue weighted by atomic mass is 10.2. The highest BCUT2D eigenvalue weighted by Gasteiger charge is 2.15. The summed E-state index contributed by atoms with van der Waals surface area (Å²) in [6, 6.07) is 14.6. The molecule has 26 heavy (non-hydrogen) atoms. The van der Waals surface area contributed by atoms with Gasteiger partial charge in [0.1, 0.15) is 11.3 Å². The van der Waals surface area contributed by atoms with E-state index in [9.17, 15) is 9.90 Å². The van der Waals surface area contributed by atoms with Crippen molar-refractivity contribution in [1.82, 2.24) is 9.55 Å². The monoisotopic (exact) mass is 367 g/mol. The zero-order valence-electron chi connectivity index (χ0n) is 14.3. The predicted octanol–water partition coefficient (Wildman–Crippen LogP) is 3.67. The molecule has 0 radical (unpaired) electrons. The summed E-state index contributed by atoms with van der Waals surface area (Å²) in [4.78, 5) is 19.1. The Bertz CT molecular complexity index is 1100. The average Bonchev–Trinajstić information content (AvgIpc) is 2.61. The molecule has 0 unspecified atom stereocenters. The van der Waals surface area contributed by atoms with Crippen LogP contribution in [-0.2, 0) is 0 Å². The first-order chi connectivity index (χ1) is 12.5. The molecule has 0 fully saturated rings. The normalized spacial score (nSPS) is 11.0. The lowest BCUT2D eigenvalue weighted by Crippen LogP contribution is -2.18. The molecule has 0 amide bonds. The van der Waals surface area contributed by atoms with Crippen molar-refractivity contribution in [2.45, 2.75) is 6.92 Å². The van der Waals surface area contributed by atoms with E-state index in [-0.39, 0.29) is 16.2 Å². The third kappa shape index (κ3) is 3.43. The molecule has 132 valence electrons. The molecule has 3 rings (SSSR count). The maximum atomic E-state index is 12.3. The fraction of sp³-hybridized carbons (Fsp3) is 0.105. The van der Waals surface area contributed by atoms with Crippen LogP contribution in [0.3, 0.4) is 0 Å². The number of aromatic hydroxyl groups is 1. The van der Waals surface area contributed by atoms with E-state index in [4.69, 9.17) is 17.0 Å². The zero-order chi connectivity index (χ0) is 18.7. The van der Waals surface area contributed by atoms with Crippen LogP contribution >= 0.6 is 12.2 Å². The number of rotatable bonds is 4. The van der Waals surface area contributed by atoms with Crippen LogP contribution in [0.5, 0.6) is 11.6 Å². The Hall–Kier alpha value is -3.19. The van der Waals surface area contributed by atoms with Crippen molar-refractivity contribution in [2.75, 3.05) is 7.11 Å². The summed E-state index contributed by atoms with van der Waals surface area (Å²) in [5, 5.41) is 10.7. The van der Waals surface area contributed by atoms with Crippen LogP contribution in [0.4, 0.5) is 5.69 Å². The highest BCUT2D eigenvalue weighted by atomic mass is 32.1. The molecule has 0 aliphatic rings. The fourth-order valence-electron chi connectivity index (χ4n) is 2.54. The molecule has 0 saturated heterocycles. The zero-order valence-corrected chi connectivity index (χ0v) is 15.1.